The minimum atomic E-state index is -5.16. The smallest absolute Gasteiger partial charge is 0.390 e. The van der Waals surface area contributed by atoms with Gasteiger partial charge in [-0.1, -0.05) is 53.7 Å². The molecule has 2 aromatic rings. The van der Waals surface area contributed by atoms with Gasteiger partial charge in [0, 0.05) is 0 Å². The molecule has 0 aromatic heterocycles. The van der Waals surface area contributed by atoms with Crippen molar-refractivity contribution in [1.82, 2.24) is 0 Å². The average molecular weight is 343 g/mol. The van der Waals surface area contributed by atoms with Gasteiger partial charge in [0.15, 0.2) is 0 Å². The number of alkyl halides is 3. The summed E-state index contributed by atoms with van der Waals surface area (Å²) in [4.78, 5) is 4.10. The van der Waals surface area contributed by atoms with Crippen molar-refractivity contribution < 1.29 is 26.4 Å². The number of halogens is 3. The summed E-state index contributed by atoms with van der Waals surface area (Å²) in [6.07, 6.45) is -5.16. The van der Waals surface area contributed by atoms with E-state index in [-0.39, 0.29) is 6.61 Å². The Hall–Kier alpha value is -2.35. The molecule has 0 aliphatic rings. The Balaban J connectivity index is 2.29. The quantitative estimate of drug-likeness (QED) is 0.485. The molecule has 0 heterocycles. The molecule has 2 rings (SSSR count). The fourth-order valence-electron chi connectivity index (χ4n) is 1.70. The number of sulfone groups is 1. The van der Waals surface area contributed by atoms with Crippen LogP contribution in [0.3, 0.4) is 0 Å². The largest absolute Gasteiger partial charge is 0.448 e. The topological polar surface area (TPSA) is 55.7 Å². The zero-order valence-electron chi connectivity index (χ0n) is 11.7. The lowest BCUT2D eigenvalue weighted by atomic mass is 10.2. The molecule has 2 aromatic carbocycles. The van der Waals surface area contributed by atoms with Crippen molar-refractivity contribution in [2.45, 2.75) is 17.7 Å². The molecule has 0 spiro atoms. The predicted octanol–water partition coefficient (Wildman–Crippen LogP) is 3.55. The molecule has 0 radical (unpaired) electrons. The van der Waals surface area contributed by atoms with Crippen LogP contribution in [-0.4, -0.2) is 19.6 Å². The molecule has 4 nitrogen and oxygen atoms in total. The van der Waals surface area contributed by atoms with Gasteiger partial charge < -0.3 is 4.84 Å². The van der Waals surface area contributed by atoms with Crippen LogP contribution in [-0.2, 0) is 21.3 Å². The SMILES string of the molecule is O=S(=O)(/C(=N/OCc1ccccc1)C(F)(F)F)c1ccccc1. The molecule has 122 valence electrons. The van der Waals surface area contributed by atoms with Crippen LogP contribution >= 0.6 is 0 Å². The highest BCUT2D eigenvalue weighted by Gasteiger charge is 2.46. The van der Waals surface area contributed by atoms with E-state index in [9.17, 15) is 21.6 Å². The van der Waals surface area contributed by atoms with Gasteiger partial charge in [-0.15, -0.1) is 0 Å². The lowest BCUT2D eigenvalue weighted by Crippen LogP contribution is -2.31. The van der Waals surface area contributed by atoms with Crippen molar-refractivity contribution in [2.75, 3.05) is 0 Å². The molecule has 0 fully saturated rings. The summed E-state index contributed by atoms with van der Waals surface area (Å²) in [6, 6.07) is 14.6. The maximum Gasteiger partial charge on any atom is 0.448 e. The maximum absolute atomic E-state index is 13.0. The van der Waals surface area contributed by atoms with Crippen LogP contribution in [0.5, 0.6) is 0 Å². The van der Waals surface area contributed by atoms with Crippen molar-refractivity contribution in [3.63, 3.8) is 0 Å². The van der Waals surface area contributed by atoms with E-state index >= 15 is 0 Å². The fraction of sp³-hybridized carbons (Fsp3) is 0.133. The summed E-state index contributed by atoms with van der Waals surface area (Å²) in [7, 11) is -4.81. The Morgan fingerprint density at radius 3 is 2.00 bits per heavy atom. The number of nitrogens with zero attached hydrogens (tertiary/aromatic N) is 1. The molecule has 0 atom stereocenters. The number of benzene rings is 2. The second-order valence-corrected chi connectivity index (χ2v) is 6.33. The van der Waals surface area contributed by atoms with Gasteiger partial charge in [0.1, 0.15) is 6.61 Å². The van der Waals surface area contributed by atoms with E-state index in [0.717, 1.165) is 12.1 Å². The molecule has 0 bridgehead atoms. The van der Waals surface area contributed by atoms with Crippen LogP contribution < -0.4 is 0 Å². The molecule has 8 heteroatoms. The van der Waals surface area contributed by atoms with E-state index in [1.54, 1.807) is 30.3 Å². The van der Waals surface area contributed by atoms with E-state index < -0.39 is 26.0 Å². The Morgan fingerprint density at radius 1 is 0.957 bits per heavy atom. The Bertz CT molecular complexity index is 773. The summed E-state index contributed by atoms with van der Waals surface area (Å²) in [5, 5.41) is 0.863. The van der Waals surface area contributed by atoms with Gasteiger partial charge in [-0.05, 0) is 17.7 Å². The maximum atomic E-state index is 13.0. The van der Waals surface area contributed by atoms with Gasteiger partial charge in [-0.25, -0.2) is 8.42 Å². The number of hydrogen-bond acceptors (Lipinski definition) is 4. The highest BCUT2D eigenvalue weighted by molar-refractivity contribution is 8.06. The molecular formula is C15H12F3NO3S. The zero-order valence-corrected chi connectivity index (χ0v) is 12.5. The molecule has 0 saturated heterocycles. The average Bonchev–Trinajstić information content (AvgIpc) is 2.52. The van der Waals surface area contributed by atoms with Crippen LogP contribution in [0.25, 0.3) is 0 Å². The minimum Gasteiger partial charge on any atom is -0.390 e. The van der Waals surface area contributed by atoms with Gasteiger partial charge >= 0.3 is 6.18 Å². The van der Waals surface area contributed by atoms with Crippen LogP contribution in [0.4, 0.5) is 13.2 Å². The number of rotatable bonds is 4. The summed E-state index contributed by atoms with van der Waals surface area (Å²) < 4.78 is 63.3. The number of oxime groups is 1. The Labute approximate surface area is 131 Å². The van der Waals surface area contributed by atoms with Crippen molar-refractivity contribution >= 4 is 14.9 Å². The summed E-state index contributed by atoms with van der Waals surface area (Å²) >= 11 is 0. The molecule has 0 aliphatic heterocycles. The van der Waals surface area contributed by atoms with E-state index in [4.69, 9.17) is 0 Å². The molecule has 0 N–H and O–H groups in total. The fourth-order valence-corrected chi connectivity index (χ4v) is 2.90. The Kier molecular flexibility index (Phi) is 5.05. The molecule has 0 amide bonds. The van der Waals surface area contributed by atoms with Gasteiger partial charge in [-0.2, -0.15) is 13.2 Å². The normalized spacial score (nSPS) is 12.9. The second kappa shape index (κ2) is 6.82. The van der Waals surface area contributed by atoms with E-state index in [1.165, 1.54) is 18.2 Å². The zero-order chi connectivity index (χ0) is 16.9. The first-order valence-electron chi connectivity index (χ1n) is 6.43. The van der Waals surface area contributed by atoms with E-state index in [0.29, 0.717) is 5.56 Å². The molecule has 0 unspecified atom stereocenters. The van der Waals surface area contributed by atoms with Crippen LogP contribution in [0.1, 0.15) is 5.56 Å². The minimum absolute atomic E-state index is 0.273. The van der Waals surface area contributed by atoms with Crippen molar-refractivity contribution in [2.24, 2.45) is 5.16 Å². The highest BCUT2D eigenvalue weighted by Crippen LogP contribution is 2.26. The van der Waals surface area contributed by atoms with Gasteiger partial charge in [0.05, 0.1) is 4.90 Å². The molecule has 0 aliphatic carbocycles. The molecule has 23 heavy (non-hydrogen) atoms. The number of hydrogen-bond donors (Lipinski definition) is 0. The first-order chi connectivity index (χ1) is 10.8. The van der Waals surface area contributed by atoms with Crippen molar-refractivity contribution in [3.8, 4) is 0 Å². The van der Waals surface area contributed by atoms with Crippen molar-refractivity contribution in [1.29, 1.82) is 0 Å². The summed E-state index contributed by atoms with van der Waals surface area (Å²) in [5.41, 5.74) is 0.565. The highest BCUT2D eigenvalue weighted by atomic mass is 32.2. The standard InChI is InChI=1S/C15H12F3NO3S/c16-15(17,18)14(19-22-11-12-7-3-1-4-8-12)23(20,21)13-9-5-2-6-10-13/h1-10H,11H2/b19-14+. The predicted molar refractivity (Wildman–Crippen MR) is 78.3 cm³/mol. The van der Waals surface area contributed by atoms with Crippen molar-refractivity contribution in [3.05, 3.63) is 66.2 Å². The van der Waals surface area contributed by atoms with Crippen LogP contribution in [0.2, 0.25) is 0 Å². The van der Waals surface area contributed by atoms with Crippen LogP contribution in [0, 0.1) is 0 Å². The molecular weight excluding hydrogens is 331 g/mol. The first kappa shape index (κ1) is 17.0. The third-order valence-electron chi connectivity index (χ3n) is 2.77. The second-order valence-electron chi connectivity index (χ2n) is 4.47. The summed E-state index contributed by atoms with van der Waals surface area (Å²) in [5.74, 6) is 0. The lowest BCUT2D eigenvalue weighted by molar-refractivity contribution is -0.0594. The monoisotopic (exact) mass is 343 g/mol. The van der Waals surface area contributed by atoms with E-state index in [2.05, 4.69) is 9.99 Å². The third kappa shape index (κ3) is 4.32. The van der Waals surface area contributed by atoms with Gasteiger partial charge in [0.25, 0.3) is 5.04 Å². The van der Waals surface area contributed by atoms with E-state index in [1.807, 2.05) is 0 Å². The van der Waals surface area contributed by atoms with Gasteiger partial charge in [0.2, 0.25) is 9.84 Å². The first-order valence-corrected chi connectivity index (χ1v) is 7.91. The van der Waals surface area contributed by atoms with Crippen LogP contribution in [0.15, 0.2) is 70.7 Å². The lowest BCUT2D eigenvalue weighted by Gasteiger charge is -2.11. The van der Waals surface area contributed by atoms with Gasteiger partial charge in [-0.3, -0.25) is 0 Å². The Morgan fingerprint density at radius 2 is 1.48 bits per heavy atom. The summed E-state index contributed by atoms with van der Waals surface area (Å²) in [6.45, 7) is -0.273. The molecule has 0 saturated carbocycles. The third-order valence-corrected chi connectivity index (χ3v) is 4.48.